The van der Waals surface area contributed by atoms with Gasteiger partial charge in [-0.3, -0.25) is 0 Å². The molecule has 1 aromatic rings. The quantitative estimate of drug-likeness (QED) is 0.550. The lowest BCUT2D eigenvalue weighted by molar-refractivity contribution is 0.0672. The highest BCUT2D eigenvalue weighted by Crippen LogP contribution is 2.12. The number of nitrogens with zero attached hydrogens (tertiary/aromatic N) is 5. The Labute approximate surface area is 151 Å². The predicted octanol–water partition coefficient (Wildman–Crippen LogP) is 2.21. The molecule has 0 unspecified atom stereocenters. The molecule has 0 atom stereocenters. The minimum atomic E-state index is 0.252. The van der Waals surface area contributed by atoms with Crippen molar-refractivity contribution in [1.29, 1.82) is 0 Å². The molecule has 9 nitrogen and oxygen atoms in total. The summed E-state index contributed by atoms with van der Waals surface area (Å²) in [6, 6.07) is 7.47. The number of ether oxygens (including phenoxy) is 1. The molecule has 1 aliphatic rings. The fourth-order valence-electron chi connectivity index (χ4n) is 1.99. The summed E-state index contributed by atoms with van der Waals surface area (Å²) >= 11 is 0. The average molecular weight is 359 g/mol. The Hall–Kier alpha value is -3.23. The Kier molecular flexibility index (Phi) is 7.29. The third-order valence-corrected chi connectivity index (χ3v) is 3.32. The zero-order valence-electron chi connectivity index (χ0n) is 15.2. The second kappa shape index (κ2) is 9.92. The molecule has 0 saturated heterocycles. The Morgan fingerprint density at radius 1 is 1.08 bits per heavy atom. The number of hydrogen-bond donors (Lipinski definition) is 0. The maximum absolute atomic E-state index is 5.52. The van der Waals surface area contributed by atoms with Gasteiger partial charge in [0.25, 0.3) is 5.90 Å². The van der Waals surface area contributed by atoms with E-state index in [9.17, 15) is 0 Å². The maximum atomic E-state index is 5.52. The lowest BCUT2D eigenvalue weighted by Gasteiger charge is -2.15. The van der Waals surface area contributed by atoms with Crippen LogP contribution in [0, 0.1) is 0 Å². The van der Waals surface area contributed by atoms with Gasteiger partial charge in [0.15, 0.2) is 12.3 Å². The van der Waals surface area contributed by atoms with Crippen molar-refractivity contribution in [1.82, 2.24) is 0 Å². The molecule has 0 bridgehead atoms. The van der Waals surface area contributed by atoms with Crippen molar-refractivity contribution in [3.8, 4) is 0 Å². The van der Waals surface area contributed by atoms with Gasteiger partial charge in [0.2, 0.25) is 0 Å². The molecule has 1 aliphatic heterocycles. The van der Waals surface area contributed by atoms with Crippen LogP contribution in [-0.4, -0.2) is 56.7 Å². The van der Waals surface area contributed by atoms with Crippen molar-refractivity contribution < 1.29 is 19.2 Å². The molecule has 0 amide bonds. The summed E-state index contributed by atoms with van der Waals surface area (Å²) < 4.78 is 5.52. The highest BCUT2D eigenvalue weighted by atomic mass is 16.7. The van der Waals surface area contributed by atoms with Crippen LogP contribution < -0.4 is 0 Å². The molecular weight excluding hydrogens is 338 g/mol. The van der Waals surface area contributed by atoms with Crippen LogP contribution in [0.3, 0.4) is 0 Å². The summed E-state index contributed by atoms with van der Waals surface area (Å²) in [5, 5.41) is 20.0. The molecule has 9 heteroatoms. The van der Waals surface area contributed by atoms with Crippen molar-refractivity contribution in [3.05, 3.63) is 35.4 Å². The summed E-state index contributed by atoms with van der Waals surface area (Å²) in [4.78, 5) is 14.7. The number of rotatable bonds is 7. The molecule has 0 N–H and O–H groups in total. The molecule has 0 aromatic heterocycles. The van der Waals surface area contributed by atoms with Gasteiger partial charge in [-0.1, -0.05) is 34.6 Å². The van der Waals surface area contributed by atoms with Gasteiger partial charge in [0.1, 0.15) is 20.8 Å². The highest BCUT2D eigenvalue weighted by molar-refractivity contribution is 6.46. The number of hydrogen-bond acceptors (Lipinski definition) is 9. The minimum absolute atomic E-state index is 0.252. The van der Waals surface area contributed by atoms with Gasteiger partial charge in [0.05, 0.1) is 17.6 Å². The molecule has 1 aromatic carbocycles. The molecule has 2 rings (SSSR count). The van der Waals surface area contributed by atoms with Gasteiger partial charge in [-0.15, -0.1) is 0 Å². The number of oxime groups is 3. The lowest BCUT2D eigenvalue weighted by atomic mass is 10.0. The largest absolute Gasteiger partial charge is 0.470 e. The summed E-state index contributed by atoms with van der Waals surface area (Å²) in [5.74, 6) is 0.252. The molecule has 0 radical (unpaired) electrons. The molecule has 0 spiro atoms. The van der Waals surface area contributed by atoms with E-state index in [4.69, 9.17) is 19.2 Å². The summed E-state index contributed by atoms with van der Waals surface area (Å²) in [5.41, 5.74) is 3.17. The van der Waals surface area contributed by atoms with Crippen molar-refractivity contribution in [3.63, 3.8) is 0 Å². The lowest BCUT2D eigenvalue weighted by Crippen LogP contribution is -2.26. The van der Waals surface area contributed by atoms with E-state index in [1.807, 2.05) is 24.3 Å². The highest BCUT2D eigenvalue weighted by Gasteiger charge is 2.20. The Bertz CT molecular complexity index is 768. The van der Waals surface area contributed by atoms with Crippen molar-refractivity contribution in [2.75, 3.05) is 27.4 Å². The van der Waals surface area contributed by atoms with Crippen LogP contribution in [0.2, 0.25) is 0 Å². The zero-order valence-corrected chi connectivity index (χ0v) is 15.2. The topological polar surface area (TPSA) is 98.7 Å². The van der Waals surface area contributed by atoms with Gasteiger partial charge in [-0.05, 0) is 19.0 Å². The van der Waals surface area contributed by atoms with Crippen LogP contribution in [-0.2, 0) is 19.2 Å². The van der Waals surface area contributed by atoms with E-state index in [-0.39, 0.29) is 5.90 Å². The minimum Gasteiger partial charge on any atom is -0.470 e. The van der Waals surface area contributed by atoms with Crippen LogP contribution >= 0.6 is 0 Å². The van der Waals surface area contributed by atoms with E-state index < -0.39 is 0 Å². The molecule has 26 heavy (non-hydrogen) atoms. The van der Waals surface area contributed by atoms with Crippen LogP contribution in [0.4, 0.5) is 0 Å². The van der Waals surface area contributed by atoms with Crippen LogP contribution in [0.15, 0.2) is 49.9 Å². The van der Waals surface area contributed by atoms with Crippen molar-refractivity contribution >= 4 is 29.2 Å². The Balaban J connectivity index is 2.33. The van der Waals surface area contributed by atoms with E-state index in [1.54, 1.807) is 20.1 Å². The van der Waals surface area contributed by atoms with Gasteiger partial charge in [-0.25, -0.2) is 0 Å². The summed E-state index contributed by atoms with van der Waals surface area (Å²) in [6.45, 7) is 4.36. The fourth-order valence-corrected chi connectivity index (χ4v) is 1.99. The standard InChI is InChI=1S/C17H21N5O4/c1-12(13(2)20-23-3)19-18-11-14-7-5-6-8-15(14)16(21-24-4)17-22-26-10-9-25-17/h5-8,11H,9-10H2,1-4H3/b18-11?,19-12?,20-13?,21-16-. The first-order chi connectivity index (χ1) is 12.7. The third kappa shape index (κ3) is 5.13. The Morgan fingerprint density at radius 2 is 1.85 bits per heavy atom. The van der Waals surface area contributed by atoms with Gasteiger partial charge in [0, 0.05) is 11.1 Å². The normalized spacial score (nSPS) is 16.0. The van der Waals surface area contributed by atoms with E-state index in [0.717, 1.165) is 11.1 Å². The second-order valence-corrected chi connectivity index (χ2v) is 5.08. The second-order valence-electron chi connectivity index (χ2n) is 5.08. The van der Waals surface area contributed by atoms with E-state index in [0.29, 0.717) is 30.3 Å². The summed E-state index contributed by atoms with van der Waals surface area (Å²) in [6.07, 6.45) is 1.61. The molecule has 0 saturated carbocycles. The van der Waals surface area contributed by atoms with Crippen LogP contribution in [0.5, 0.6) is 0 Å². The van der Waals surface area contributed by atoms with E-state index >= 15 is 0 Å². The molecule has 1 heterocycles. The van der Waals surface area contributed by atoms with Gasteiger partial charge < -0.3 is 19.2 Å². The molecule has 138 valence electrons. The first kappa shape index (κ1) is 19.1. The van der Waals surface area contributed by atoms with E-state index in [1.165, 1.54) is 14.2 Å². The predicted molar refractivity (Wildman–Crippen MR) is 100 cm³/mol. The molecular formula is C17H21N5O4. The maximum Gasteiger partial charge on any atom is 0.280 e. The Morgan fingerprint density at radius 3 is 2.54 bits per heavy atom. The average Bonchev–Trinajstić information content (AvgIpc) is 2.67. The third-order valence-electron chi connectivity index (χ3n) is 3.32. The smallest absolute Gasteiger partial charge is 0.280 e. The fraction of sp³-hybridized carbons (Fsp3) is 0.353. The van der Waals surface area contributed by atoms with Crippen LogP contribution in [0.1, 0.15) is 25.0 Å². The first-order valence-electron chi connectivity index (χ1n) is 7.86. The monoisotopic (exact) mass is 359 g/mol. The van der Waals surface area contributed by atoms with Gasteiger partial charge >= 0.3 is 0 Å². The SMILES string of the molecule is CON=C(C)C(C)=NN=Cc1ccccc1/C(=N/OC)C1=NOCCO1. The van der Waals surface area contributed by atoms with Gasteiger partial charge in [-0.2, -0.15) is 10.2 Å². The molecule has 0 aliphatic carbocycles. The summed E-state index contributed by atoms with van der Waals surface area (Å²) in [7, 11) is 2.93. The van der Waals surface area contributed by atoms with Crippen molar-refractivity contribution in [2.45, 2.75) is 13.8 Å². The first-order valence-corrected chi connectivity index (χ1v) is 7.86. The van der Waals surface area contributed by atoms with E-state index in [2.05, 4.69) is 25.7 Å². The van der Waals surface area contributed by atoms with Crippen LogP contribution in [0.25, 0.3) is 0 Å². The molecule has 0 fully saturated rings. The van der Waals surface area contributed by atoms with Crippen molar-refractivity contribution in [2.24, 2.45) is 25.7 Å². The number of benzene rings is 1. The zero-order chi connectivity index (χ0) is 18.8.